The van der Waals surface area contributed by atoms with Crippen LogP contribution in [0.2, 0.25) is 0 Å². The number of ether oxygens (including phenoxy) is 1. The predicted molar refractivity (Wildman–Crippen MR) is 100 cm³/mol. The lowest BCUT2D eigenvalue weighted by molar-refractivity contribution is 0.241. The number of nitrogens with zero attached hydrogens (tertiary/aromatic N) is 1. The zero-order valence-electron chi connectivity index (χ0n) is 14.5. The Bertz CT molecular complexity index is 832. The summed E-state index contributed by atoms with van der Waals surface area (Å²) in [5, 5.41) is 2.70. The topological polar surface area (TPSA) is 93.2 Å². The van der Waals surface area contributed by atoms with Crippen molar-refractivity contribution in [2.45, 2.75) is 32.6 Å². The Morgan fingerprint density at radius 3 is 2.56 bits per heavy atom. The molecule has 2 rings (SSSR count). The summed E-state index contributed by atoms with van der Waals surface area (Å²) < 4.78 is 5.97. The molecule has 0 spiro atoms. The Morgan fingerprint density at radius 2 is 1.92 bits per heavy atom. The molecule has 25 heavy (non-hydrogen) atoms. The zero-order valence-corrected chi connectivity index (χ0v) is 14.5. The van der Waals surface area contributed by atoms with Crippen LogP contribution < -0.4 is 21.3 Å². The van der Waals surface area contributed by atoms with Gasteiger partial charge in [-0.1, -0.05) is 38.3 Å². The number of hydrogen-bond donors (Lipinski definition) is 2. The van der Waals surface area contributed by atoms with Gasteiger partial charge in [0.15, 0.2) is 0 Å². The summed E-state index contributed by atoms with van der Waals surface area (Å²) in [4.78, 5) is 38.4. The van der Waals surface area contributed by atoms with Crippen molar-refractivity contribution in [1.82, 2.24) is 14.9 Å². The maximum atomic E-state index is 12.2. The molecule has 0 bridgehead atoms. The Kier molecular flexibility index (Phi) is 6.56. The summed E-state index contributed by atoms with van der Waals surface area (Å²) in [6.45, 7) is 2.60. The average Bonchev–Trinajstić information content (AvgIpc) is 2.61. The van der Waals surface area contributed by atoms with Crippen molar-refractivity contribution >= 4 is 6.03 Å². The number of aromatic amines is 1. The van der Waals surface area contributed by atoms with Gasteiger partial charge in [0.1, 0.15) is 5.75 Å². The van der Waals surface area contributed by atoms with Gasteiger partial charge in [0.05, 0.1) is 12.7 Å². The second kappa shape index (κ2) is 8.86. The molecule has 1 aromatic heterocycles. The highest BCUT2D eigenvalue weighted by molar-refractivity contribution is 5.77. The largest absolute Gasteiger partial charge is 0.497 e. The number of amides is 1. The summed E-state index contributed by atoms with van der Waals surface area (Å²) in [7, 11) is 1.55. The van der Waals surface area contributed by atoms with Crippen LogP contribution in [0.15, 0.2) is 40.1 Å². The SMILES string of the molecule is CCCCCCNC(=O)n1cc(-c2ccc(OC)cc2)c(=O)[nH]c1=O.[HH].[HH]. The smallest absolute Gasteiger partial charge is 0.336 e. The second-order valence-electron chi connectivity index (χ2n) is 5.69. The molecule has 0 fully saturated rings. The molecule has 1 aromatic carbocycles. The number of hydrogen-bond acceptors (Lipinski definition) is 4. The third kappa shape index (κ3) is 4.82. The van der Waals surface area contributed by atoms with Gasteiger partial charge in [-0.3, -0.25) is 9.78 Å². The number of unbranched alkanes of at least 4 members (excludes halogenated alkanes) is 3. The van der Waals surface area contributed by atoms with Crippen molar-refractivity contribution in [3.8, 4) is 16.9 Å². The summed E-state index contributed by atoms with van der Waals surface area (Å²) in [5.74, 6) is 0.651. The van der Waals surface area contributed by atoms with Gasteiger partial charge in [-0.15, -0.1) is 0 Å². The van der Waals surface area contributed by atoms with E-state index in [1.165, 1.54) is 6.20 Å². The minimum atomic E-state index is -0.756. The first-order valence-corrected chi connectivity index (χ1v) is 8.35. The van der Waals surface area contributed by atoms with Gasteiger partial charge < -0.3 is 10.1 Å². The van der Waals surface area contributed by atoms with Gasteiger partial charge in [-0.2, -0.15) is 0 Å². The Hall–Kier alpha value is -2.83. The number of rotatable bonds is 7. The lowest BCUT2D eigenvalue weighted by atomic mass is 10.1. The molecule has 0 radical (unpaired) electrons. The fourth-order valence-corrected chi connectivity index (χ4v) is 2.43. The van der Waals surface area contributed by atoms with Crippen LogP contribution in [0.25, 0.3) is 11.1 Å². The number of aromatic nitrogens is 2. The fourth-order valence-electron chi connectivity index (χ4n) is 2.43. The highest BCUT2D eigenvalue weighted by Gasteiger charge is 2.12. The van der Waals surface area contributed by atoms with E-state index in [9.17, 15) is 14.4 Å². The molecule has 1 heterocycles. The van der Waals surface area contributed by atoms with Gasteiger partial charge in [-0.25, -0.2) is 14.2 Å². The van der Waals surface area contributed by atoms with Gasteiger partial charge in [-0.05, 0) is 24.1 Å². The van der Waals surface area contributed by atoms with E-state index in [1.807, 2.05) is 0 Å². The number of methoxy groups -OCH3 is 1. The molecule has 138 valence electrons. The summed E-state index contributed by atoms with van der Waals surface area (Å²) in [6.07, 6.45) is 5.36. The lowest BCUT2D eigenvalue weighted by Crippen LogP contribution is -2.40. The third-order valence-electron chi connectivity index (χ3n) is 3.87. The first-order valence-electron chi connectivity index (χ1n) is 8.35. The highest BCUT2D eigenvalue weighted by atomic mass is 16.5. The number of benzene rings is 1. The quantitative estimate of drug-likeness (QED) is 0.752. The average molecular weight is 349 g/mol. The molecule has 0 aliphatic rings. The van der Waals surface area contributed by atoms with Gasteiger partial charge in [0.25, 0.3) is 5.56 Å². The van der Waals surface area contributed by atoms with Crippen LogP contribution in [0, 0.1) is 0 Å². The molecule has 2 N–H and O–H groups in total. The molecule has 0 saturated carbocycles. The fraction of sp³-hybridized carbons (Fsp3) is 0.389. The van der Waals surface area contributed by atoms with E-state index in [0.29, 0.717) is 17.9 Å². The van der Waals surface area contributed by atoms with Crippen molar-refractivity contribution in [2.24, 2.45) is 0 Å². The Morgan fingerprint density at radius 1 is 1.20 bits per heavy atom. The Labute approximate surface area is 148 Å². The number of carbonyl (C=O) groups is 1. The monoisotopic (exact) mass is 349 g/mol. The minimum absolute atomic E-state index is 0. The highest BCUT2D eigenvalue weighted by Crippen LogP contribution is 2.18. The van der Waals surface area contributed by atoms with Crippen LogP contribution in [-0.2, 0) is 0 Å². The molecular formula is C18H27N3O4. The van der Waals surface area contributed by atoms with Gasteiger partial charge >= 0.3 is 11.7 Å². The molecule has 7 nitrogen and oxygen atoms in total. The molecular weight excluding hydrogens is 322 g/mol. The van der Waals surface area contributed by atoms with E-state index in [4.69, 9.17) is 4.74 Å². The first kappa shape index (κ1) is 18.5. The van der Waals surface area contributed by atoms with Gasteiger partial charge in [0.2, 0.25) is 0 Å². The summed E-state index contributed by atoms with van der Waals surface area (Å²) in [5.41, 5.74) is -0.467. The summed E-state index contributed by atoms with van der Waals surface area (Å²) in [6, 6.07) is 6.25. The van der Waals surface area contributed by atoms with E-state index in [1.54, 1.807) is 31.4 Å². The maximum Gasteiger partial charge on any atom is 0.336 e. The first-order chi connectivity index (χ1) is 12.1. The Balaban J connectivity index is 0.00000338. The van der Waals surface area contributed by atoms with Crippen molar-refractivity contribution in [2.75, 3.05) is 13.7 Å². The number of carbonyl (C=O) groups excluding carboxylic acids is 1. The molecule has 0 atom stereocenters. The van der Waals surface area contributed by atoms with Crippen LogP contribution in [0.5, 0.6) is 5.75 Å². The van der Waals surface area contributed by atoms with Crippen LogP contribution in [0.1, 0.15) is 35.5 Å². The number of nitrogens with one attached hydrogen (secondary N) is 2. The van der Waals surface area contributed by atoms with E-state index >= 15 is 0 Å². The van der Waals surface area contributed by atoms with E-state index < -0.39 is 17.3 Å². The zero-order chi connectivity index (χ0) is 18.2. The standard InChI is InChI=1S/C18H23N3O4.2H2/c1-3-4-5-6-11-19-17(23)21-12-15(16(22)20-18(21)24)13-7-9-14(25-2)10-8-13;;/h7-10,12H,3-6,11H2,1-2H3,(H,19,23)(H,20,22,24);2*1H. The van der Waals surface area contributed by atoms with Crippen LogP contribution >= 0.6 is 0 Å². The van der Waals surface area contributed by atoms with Crippen molar-refractivity contribution in [1.29, 1.82) is 0 Å². The van der Waals surface area contributed by atoms with Crippen LogP contribution in [0.4, 0.5) is 4.79 Å². The second-order valence-corrected chi connectivity index (χ2v) is 5.69. The maximum absolute atomic E-state index is 12.2. The van der Waals surface area contributed by atoms with E-state index in [0.717, 1.165) is 30.3 Å². The van der Waals surface area contributed by atoms with Crippen LogP contribution in [-0.4, -0.2) is 29.2 Å². The third-order valence-corrected chi connectivity index (χ3v) is 3.87. The molecule has 7 heteroatoms. The van der Waals surface area contributed by atoms with Crippen LogP contribution in [0.3, 0.4) is 0 Å². The van der Waals surface area contributed by atoms with Crippen molar-refractivity contribution < 1.29 is 12.4 Å². The minimum Gasteiger partial charge on any atom is -0.497 e. The number of H-pyrrole nitrogens is 1. The lowest BCUT2D eigenvalue weighted by Gasteiger charge is -2.09. The summed E-state index contributed by atoms with van der Waals surface area (Å²) >= 11 is 0. The van der Waals surface area contributed by atoms with Crippen molar-refractivity contribution in [3.63, 3.8) is 0 Å². The van der Waals surface area contributed by atoms with Crippen molar-refractivity contribution in [3.05, 3.63) is 51.3 Å². The van der Waals surface area contributed by atoms with Gasteiger partial charge in [0, 0.05) is 15.6 Å². The molecule has 0 saturated heterocycles. The molecule has 2 aromatic rings. The molecule has 0 unspecified atom stereocenters. The normalized spacial score (nSPS) is 10.5. The molecule has 0 aliphatic carbocycles. The molecule has 0 aliphatic heterocycles. The van der Waals surface area contributed by atoms with E-state index in [2.05, 4.69) is 17.2 Å². The predicted octanol–water partition coefficient (Wildman–Crippen LogP) is 2.84. The van der Waals surface area contributed by atoms with E-state index in [-0.39, 0.29) is 8.42 Å². The molecule has 1 amide bonds.